The van der Waals surface area contributed by atoms with Gasteiger partial charge in [-0.3, -0.25) is 29.0 Å². The van der Waals surface area contributed by atoms with Crippen molar-refractivity contribution < 1.29 is 73.6 Å². The summed E-state index contributed by atoms with van der Waals surface area (Å²) < 4.78 is 22.2. The molecule has 7 rings (SSSR count). The van der Waals surface area contributed by atoms with Crippen LogP contribution in [0.4, 0.5) is 0 Å². The number of hydrogen-bond acceptors (Lipinski definition) is 16. The van der Waals surface area contributed by atoms with Crippen molar-refractivity contribution in [3.63, 3.8) is 0 Å². The number of allylic oxidation sites excluding steroid dienone is 1. The highest BCUT2D eigenvalue weighted by atomic mass is 16.7. The van der Waals surface area contributed by atoms with Crippen molar-refractivity contribution in [1.82, 2.24) is 15.3 Å². The van der Waals surface area contributed by atoms with Gasteiger partial charge < -0.3 is 64.9 Å². The maximum absolute atomic E-state index is 14.4. The summed E-state index contributed by atoms with van der Waals surface area (Å²) in [7, 11) is 1.18. The fraction of sp³-hybridized carbons (Fsp3) is 0.469. The third-order valence-corrected chi connectivity index (χ3v) is 13.8. The number of carbonyl (C=O) groups excluding carboxylic acids is 5. The van der Waals surface area contributed by atoms with Crippen molar-refractivity contribution in [3.05, 3.63) is 98.3 Å². The molecule has 0 bridgehead atoms. The number of esters is 2. The molecule has 1 aromatic carbocycles. The van der Waals surface area contributed by atoms with Crippen LogP contribution >= 0.6 is 0 Å². The van der Waals surface area contributed by atoms with Gasteiger partial charge in [-0.15, -0.1) is 0 Å². The predicted octanol–water partition coefficient (Wildman–Crippen LogP) is 2.49. The number of aliphatic hydroxyl groups is 4. The SMILES string of the molecule is C=CC1=C(C)C(CC2=N/C(=C3/c4[nH]c(Cc5[nH]c(C=O)c(C)c5CCO)c(C)c4C(=O)[C@@H]3C(=O)OC)[C@@H](CCC(=O)OC[C@H]3O[C@@H](OCCc4ccc(O)c(O)c4)[C@H](O)[C@@H](O)[C@@H]3O)[C@@H]2C)NC1=O. The number of aliphatic imine (C=N–C) groups is 1. The normalized spacial score (nSPS) is 26.8. The Hall–Kier alpha value is -6.22. The number of phenols is 2. The number of H-pyrrole nitrogens is 2. The van der Waals surface area contributed by atoms with Crippen LogP contribution in [0.2, 0.25) is 0 Å². The molecule has 9 atom stereocenters. The number of rotatable bonds is 18. The second-order valence-electron chi connectivity index (χ2n) is 17.7. The number of aromatic amines is 2. The summed E-state index contributed by atoms with van der Waals surface area (Å²) in [6, 6.07) is 3.79. The van der Waals surface area contributed by atoms with Crippen LogP contribution in [0.25, 0.3) is 5.57 Å². The Labute approximate surface area is 391 Å². The van der Waals surface area contributed by atoms with Gasteiger partial charge in [0, 0.05) is 71.5 Å². The summed E-state index contributed by atoms with van der Waals surface area (Å²) >= 11 is 0. The molecule has 3 aromatic rings. The smallest absolute Gasteiger partial charge is 0.321 e. The van der Waals surface area contributed by atoms with Gasteiger partial charge in [-0.2, -0.15) is 0 Å². The number of ether oxygens (including phenoxy) is 4. The lowest BCUT2D eigenvalue weighted by atomic mass is 9.82. The van der Waals surface area contributed by atoms with Crippen LogP contribution in [0, 0.1) is 31.6 Å². The Balaban J connectivity index is 1.15. The number of fused-ring (bicyclic) bond motifs is 1. The number of carbonyl (C=O) groups is 5. The Morgan fingerprint density at radius 1 is 0.985 bits per heavy atom. The van der Waals surface area contributed by atoms with Crippen LogP contribution in [0.15, 0.2) is 52.7 Å². The summed E-state index contributed by atoms with van der Waals surface area (Å²) in [4.78, 5) is 78.0. The first-order valence-electron chi connectivity index (χ1n) is 22.5. The minimum atomic E-state index is -1.72. The fourth-order valence-electron chi connectivity index (χ4n) is 9.78. The highest BCUT2D eigenvalue weighted by Crippen LogP contribution is 2.49. The van der Waals surface area contributed by atoms with Crippen LogP contribution in [-0.2, 0) is 52.6 Å². The van der Waals surface area contributed by atoms with E-state index in [-0.39, 0.29) is 86.2 Å². The summed E-state index contributed by atoms with van der Waals surface area (Å²) in [5.74, 6) is -5.29. The van der Waals surface area contributed by atoms with Crippen LogP contribution in [0.5, 0.6) is 11.5 Å². The molecular weight excluding hydrogens is 885 g/mol. The van der Waals surface area contributed by atoms with E-state index in [9.17, 15) is 54.6 Å². The van der Waals surface area contributed by atoms with Gasteiger partial charge in [-0.05, 0) is 80.0 Å². The molecule has 19 heteroatoms. The first-order valence-corrected chi connectivity index (χ1v) is 22.5. The molecule has 2 aromatic heterocycles. The molecule has 364 valence electrons. The molecule has 0 spiro atoms. The number of nitrogens with zero attached hydrogens (tertiary/aromatic N) is 1. The van der Waals surface area contributed by atoms with Crippen molar-refractivity contribution in [3.8, 4) is 11.5 Å². The molecular formula is C49H58N4O15. The Morgan fingerprint density at radius 3 is 2.40 bits per heavy atom. The number of nitrogens with one attached hydrogen (secondary N) is 3. The van der Waals surface area contributed by atoms with Gasteiger partial charge in [0.05, 0.1) is 36.8 Å². The van der Waals surface area contributed by atoms with Crippen LogP contribution < -0.4 is 5.32 Å². The summed E-state index contributed by atoms with van der Waals surface area (Å²) in [5, 5.41) is 64.3. The average Bonchev–Trinajstić information content (AvgIpc) is 4.06. The number of aromatic nitrogens is 2. The minimum Gasteiger partial charge on any atom is -0.504 e. The molecule has 1 fully saturated rings. The second-order valence-corrected chi connectivity index (χ2v) is 17.7. The highest BCUT2D eigenvalue weighted by molar-refractivity contribution is 6.24. The van der Waals surface area contributed by atoms with Crippen molar-refractivity contribution in [2.45, 2.75) is 103 Å². The number of aldehydes is 1. The van der Waals surface area contributed by atoms with Crippen LogP contribution in [0.1, 0.15) is 93.3 Å². The first-order chi connectivity index (χ1) is 32.4. The molecule has 19 nitrogen and oxygen atoms in total. The largest absolute Gasteiger partial charge is 0.504 e. The summed E-state index contributed by atoms with van der Waals surface area (Å²) in [5.41, 5.74) is 7.47. The Morgan fingerprint density at radius 2 is 1.74 bits per heavy atom. The molecule has 68 heavy (non-hydrogen) atoms. The second kappa shape index (κ2) is 20.6. The van der Waals surface area contributed by atoms with Gasteiger partial charge in [0.15, 0.2) is 29.9 Å². The number of aromatic hydroxyl groups is 2. The zero-order valence-electron chi connectivity index (χ0n) is 38.5. The van der Waals surface area contributed by atoms with Crippen molar-refractivity contribution in [1.29, 1.82) is 0 Å². The van der Waals surface area contributed by atoms with Crippen molar-refractivity contribution in [2.75, 3.05) is 26.9 Å². The topological polar surface area (TPSA) is 300 Å². The maximum atomic E-state index is 14.4. The van der Waals surface area contributed by atoms with Gasteiger partial charge in [0.25, 0.3) is 5.91 Å². The van der Waals surface area contributed by atoms with Gasteiger partial charge in [-0.25, -0.2) is 0 Å². The molecule has 1 saturated heterocycles. The quantitative estimate of drug-likeness (QED) is 0.0383. The molecule has 9 N–H and O–H groups in total. The molecule has 1 aliphatic carbocycles. The molecule has 5 heterocycles. The number of Topliss-reactive ketones (excluding diaryl/α,β-unsaturated/α-hetero) is 1. The standard InChI is InChI=1S/C49H58N4O15/c1-7-26-21(2)30(53-47(26)63)17-29-23(4)28(9-11-37(58)67-20-36-43(59)45(61)46(62)49(68-36)66-15-13-25-8-10-34(56)35(57)16-25)41(51-29)39-40(48(64)65-6)44(60)38-24(5)31(52-42(38)39)18-32-27(12-14-54)22(3)33(19-55)50-32/h7-8,10,16,19,23,28,30,36,40,43,45-46,49-50,52,54,56-57,59,61-62H,1,9,11-15,17-18,20H2,2-6H3,(H,53,63)/b41-39+/t23-,28-,30?,36+,40+,43+,45-,46+,49+/m0/s1. The van der Waals surface area contributed by atoms with Gasteiger partial charge in [0.1, 0.15) is 36.9 Å². The van der Waals surface area contributed by atoms with E-state index in [1.54, 1.807) is 19.9 Å². The third kappa shape index (κ3) is 9.46. The molecule has 0 radical (unpaired) electrons. The fourth-order valence-corrected chi connectivity index (χ4v) is 9.78. The number of hydrogen-bond donors (Lipinski definition) is 9. The maximum Gasteiger partial charge on any atom is 0.321 e. The molecule has 4 aliphatic rings. The van der Waals surface area contributed by atoms with Gasteiger partial charge in [-0.1, -0.05) is 25.6 Å². The third-order valence-electron chi connectivity index (χ3n) is 13.8. The number of ketones is 1. The zero-order valence-corrected chi connectivity index (χ0v) is 38.5. The minimum absolute atomic E-state index is 0.0469. The number of phenolic OH excluding ortho intramolecular Hbond substituents is 2. The van der Waals surface area contributed by atoms with E-state index in [1.807, 2.05) is 13.8 Å². The summed E-state index contributed by atoms with van der Waals surface area (Å²) in [6.45, 7) is 10.3. The predicted molar refractivity (Wildman–Crippen MR) is 243 cm³/mol. The van der Waals surface area contributed by atoms with E-state index in [4.69, 9.17) is 23.9 Å². The highest BCUT2D eigenvalue weighted by Gasteiger charge is 2.49. The lowest BCUT2D eigenvalue weighted by Gasteiger charge is -2.40. The lowest BCUT2D eigenvalue weighted by molar-refractivity contribution is -0.301. The number of methoxy groups -OCH3 is 1. The van der Waals surface area contributed by atoms with E-state index in [0.717, 1.165) is 11.1 Å². The van der Waals surface area contributed by atoms with E-state index >= 15 is 0 Å². The monoisotopic (exact) mass is 942 g/mol. The van der Waals surface area contributed by atoms with Crippen LogP contribution in [-0.4, -0.2) is 140 Å². The van der Waals surface area contributed by atoms with Crippen molar-refractivity contribution in [2.24, 2.45) is 22.7 Å². The van der Waals surface area contributed by atoms with E-state index in [0.29, 0.717) is 62.7 Å². The number of aliphatic hydroxyl groups excluding tert-OH is 4. The van der Waals surface area contributed by atoms with E-state index in [2.05, 4.69) is 21.9 Å². The average molecular weight is 943 g/mol. The molecule has 3 aliphatic heterocycles. The Bertz CT molecular complexity index is 2600. The van der Waals surface area contributed by atoms with E-state index < -0.39 is 72.9 Å². The lowest BCUT2D eigenvalue weighted by Crippen LogP contribution is -2.59. The molecule has 1 unspecified atom stereocenters. The van der Waals surface area contributed by atoms with Crippen molar-refractivity contribution >= 4 is 41.2 Å². The Kier molecular flexibility index (Phi) is 15.0. The number of amides is 1. The number of benzene rings is 1. The van der Waals surface area contributed by atoms with Gasteiger partial charge in [0.2, 0.25) is 0 Å². The van der Waals surface area contributed by atoms with Gasteiger partial charge >= 0.3 is 11.9 Å². The van der Waals surface area contributed by atoms with E-state index in [1.165, 1.54) is 25.3 Å². The van der Waals surface area contributed by atoms with Crippen LogP contribution in [0.3, 0.4) is 0 Å². The molecule has 0 saturated carbocycles. The first kappa shape index (κ1) is 49.7. The molecule has 1 amide bonds. The summed E-state index contributed by atoms with van der Waals surface area (Å²) in [6.07, 6.45) is -4.62. The zero-order chi connectivity index (χ0) is 49.3.